The predicted octanol–water partition coefficient (Wildman–Crippen LogP) is 4.24. The zero-order valence-corrected chi connectivity index (χ0v) is 14.2. The second kappa shape index (κ2) is 7.88. The van der Waals surface area contributed by atoms with Crippen LogP contribution in [0.25, 0.3) is 0 Å². The van der Waals surface area contributed by atoms with E-state index in [0.29, 0.717) is 17.9 Å². The summed E-state index contributed by atoms with van der Waals surface area (Å²) in [6.45, 7) is 1.93. The molecule has 0 unspecified atom stereocenters. The topological polar surface area (TPSA) is 47.6 Å². The molecule has 0 saturated carbocycles. The molecular weight excluding hydrogens is 314 g/mol. The maximum atomic E-state index is 12.2. The maximum Gasteiger partial charge on any atom is 0.224 e. The second-order valence-electron chi connectivity index (χ2n) is 5.19. The van der Waals surface area contributed by atoms with Crippen molar-refractivity contribution in [3.8, 4) is 11.5 Å². The lowest BCUT2D eigenvalue weighted by molar-refractivity contribution is -0.116. The van der Waals surface area contributed by atoms with Crippen LogP contribution < -0.4 is 14.8 Å². The van der Waals surface area contributed by atoms with Crippen LogP contribution >= 0.6 is 11.6 Å². The minimum Gasteiger partial charge on any atom is -0.497 e. The van der Waals surface area contributed by atoms with Crippen LogP contribution in [0.4, 0.5) is 5.69 Å². The number of hydrogen-bond donors (Lipinski definition) is 1. The summed E-state index contributed by atoms with van der Waals surface area (Å²) in [7, 11) is 3.22. The number of ether oxygens (including phenoxy) is 2. The number of anilines is 1. The number of aryl methyl sites for hydroxylation is 2. The molecule has 0 spiro atoms. The maximum absolute atomic E-state index is 12.2. The van der Waals surface area contributed by atoms with Gasteiger partial charge in [-0.15, -0.1) is 0 Å². The Kier molecular flexibility index (Phi) is 5.88. The smallest absolute Gasteiger partial charge is 0.224 e. The molecule has 0 heterocycles. The Morgan fingerprint density at radius 3 is 2.61 bits per heavy atom. The Balaban J connectivity index is 2.03. The molecule has 1 N–H and O–H groups in total. The van der Waals surface area contributed by atoms with Crippen molar-refractivity contribution < 1.29 is 14.3 Å². The molecule has 0 radical (unpaired) electrons. The molecular formula is C18H20ClNO3. The molecule has 122 valence electrons. The monoisotopic (exact) mass is 333 g/mol. The number of amides is 1. The van der Waals surface area contributed by atoms with E-state index in [1.807, 2.05) is 31.2 Å². The molecule has 0 aliphatic rings. The van der Waals surface area contributed by atoms with Gasteiger partial charge in [-0.2, -0.15) is 0 Å². The van der Waals surface area contributed by atoms with Gasteiger partial charge in [-0.1, -0.05) is 17.7 Å². The molecule has 0 bridgehead atoms. The molecule has 2 aromatic rings. The first-order valence-corrected chi connectivity index (χ1v) is 7.68. The number of carbonyl (C=O) groups is 1. The highest BCUT2D eigenvalue weighted by Gasteiger charge is 2.10. The van der Waals surface area contributed by atoms with E-state index in [1.165, 1.54) is 0 Å². The highest BCUT2D eigenvalue weighted by molar-refractivity contribution is 6.31. The third-order valence-electron chi connectivity index (χ3n) is 3.58. The standard InChI is InChI=1S/C18H20ClNO3/c1-12-4-6-14(19)11-16(12)20-18(21)9-5-13-10-15(22-2)7-8-17(13)23-3/h4,6-8,10-11H,5,9H2,1-3H3,(H,20,21). The Labute approximate surface area is 141 Å². The van der Waals surface area contributed by atoms with Crippen LogP contribution in [0, 0.1) is 6.92 Å². The average Bonchev–Trinajstić information content (AvgIpc) is 2.56. The quantitative estimate of drug-likeness (QED) is 0.860. The highest BCUT2D eigenvalue weighted by atomic mass is 35.5. The zero-order valence-electron chi connectivity index (χ0n) is 13.5. The van der Waals surface area contributed by atoms with Gasteiger partial charge in [0.15, 0.2) is 0 Å². The number of benzene rings is 2. The molecule has 2 rings (SSSR count). The van der Waals surface area contributed by atoms with Gasteiger partial charge in [0.1, 0.15) is 11.5 Å². The van der Waals surface area contributed by atoms with Crippen molar-refractivity contribution in [2.45, 2.75) is 19.8 Å². The third kappa shape index (κ3) is 4.63. The lowest BCUT2D eigenvalue weighted by Crippen LogP contribution is -2.13. The lowest BCUT2D eigenvalue weighted by Gasteiger charge is -2.11. The Bertz CT molecular complexity index is 701. The van der Waals surface area contributed by atoms with Crippen LogP contribution in [0.1, 0.15) is 17.5 Å². The van der Waals surface area contributed by atoms with Crippen molar-refractivity contribution in [1.82, 2.24) is 0 Å². The fraction of sp³-hybridized carbons (Fsp3) is 0.278. The number of rotatable bonds is 6. The summed E-state index contributed by atoms with van der Waals surface area (Å²) in [4.78, 5) is 12.2. The summed E-state index contributed by atoms with van der Waals surface area (Å²) in [6, 6.07) is 11.0. The fourth-order valence-corrected chi connectivity index (χ4v) is 2.44. The summed E-state index contributed by atoms with van der Waals surface area (Å²) < 4.78 is 10.5. The molecule has 5 heteroatoms. The number of halogens is 1. The van der Waals surface area contributed by atoms with Crippen LogP contribution in [-0.2, 0) is 11.2 Å². The molecule has 0 aromatic heterocycles. The van der Waals surface area contributed by atoms with Gasteiger partial charge in [0.25, 0.3) is 0 Å². The van der Waals surface area contributed by atoms with E-state index in [2.05, 4.69) is 5.32 Å². The van der Waals surface area contributed by atoms with E-state index in [9.17, 15) is 4.79 Å². The van der Waals surface area contributed by atoms with Gasteiger partial charge in [0.2, 0.25) is 5.91 Å². The molecule has 0 fully saturated rings. The summed E-state index contributed by atoms with van der Waals surface area (Å²) in [5, 5.41) is 3.49. The van der Waals surface area contributed by atoms with Crippen molar-refractivity contribution in [3.63, 3.8) is 0 Å². The van der Waals surface area contributed by atoms with Crippen molar-refractivity contribution in [3.05, 3.63) is 52.5 Å². The minimum absolute atomic E-state index is 0.0692. The Morgan fingerprint density at radius 2 is 1.91 bits per heavy atom. The van der Waals surface area contributed by atoms with Gasteiger partial charge < -0.3 is 14.8 Å². The van der Waals surface area contributed by atoms with Crippen LogP contribution in [0.2, 0.25) is 5.02 Å². The van der Waals surface area contributed by atoms with Gasteiger partial charge in [0, 0.05) is 17.1 Å². The van der Waals surface area contributed by atoms with Gasteiger partial charge >= 0.3 is 0 Å². The Morgan fingerprint density at radius 1 is 1.13 bits per heavy atom. The SMILES string of the molecule is COc1ccc(OC)c(CCC(=O)Nc2cc(Cl)ccc2C)c1. The molecule has 0 atom stereocenters. The van der Waals surface area contributed by atoms with E-state index in [-0.39, 0.29) is 5.91 Å². The normalized spacial score (nSPS) is 10.3. The summed E-state index contributed by atoms with van der Waals surface area (Å²) >= 11 is 5.96. The molecule has 0 saturated heterocycles. The number of nitrogens with one attached hydrogen (secondary N) is 1. The Hall–Kier alpha value is -2.20. The number of carbonyl (C=O) groups excluding carboxylic acids is 1. The van der Waals surface area contributed by atoms with Crippen molar-refractivity contribution in [2.75, 3.05) is 19.5 Å². The molecule has 23 heavy (non-hydrogen) atoms. The minimum atomic E-state index is -0.0692. The van der Waals surface area contributed by atoms with Crippen LogP contribution in [0.15, 0.2) is 36.4 Å². The van der Waals surface area contributed by atoms with Gasteiger partial charge in [-0.25, -0.2) is 0 Å². The van der Waals surface area contributed by atoms with Gasteiger partial charge in [-0.05, 0) is 54.8 Å². The first kappa shape index (κ1) is 17.2. The van der Waals surface area contributed by atoms with E-state index >= 15 is 0 Å². The largest absolute Gasteiger partial charge is 0.497 e. The molecule has 0 aliphatic heterocycles. The summed E-state index contributed by atoms with van der Waals surface area (Å²) in [5.74, 6) is 1.42. The van der Waals surface area contributed by atoms with Crippen LogP contribution in [-0.4, -0.2) is 20.1 Å². The predicted molar refractivity (Wildman–Crippen MR) is 92.7 cm³/mol. The molecule has 2 aromatic carbocycles. The van der Waals surface area contributed by atoms with Crippen molar-refractivity contribution in [2.24, 2.45) is 0 Å². The van der Waals surface area contributed by atoms with Crippen molar-refractivity contribution in [1.29, 1.82) is 0 Å². The summed E-state index contributed by atoms with van der Waals surface area (Å²) in [6.07, 6.45) is 0.904. The van der Waals surface area contributed by atoms with E-state index in [4.69, 9.17) is 21.1 Å². The van der Waals surface area contributed by atoms with Gasteiger partial charge in [0.05, 0.1) is 14.2 Å². The number of hydrogen-bond acceptors (Lipinski definition) is 3. The second-order valence-corrected chi connectivity index (χ2v) is 5.62. The first-order chi connectivity index (χ1) is 11.0. The number of methoxy groups -OCH3 is 2. The van der Waals surface area contributed by atoms with Gasteiger partial charge in [-0.3, -0.25) is 4.79 Å². The first-order valence-electron chi connectivity index (χ1n) is 7.30. The van der Waals surface area contributed by atoms with E-state index < -0.39 is 0 Å². The lowest BCUT2D eigenvalue weighted by atomic mass is 10.1. The van der Waals surface area contributed by atoms with E-state index in [1.54, 1.807) is 26.4 Å². The van der Waals surface area contributed by atoms with Crippen LogP contribution in [0.5, 0.6) is 11.5 Å². The molecule has 0 aliphatic carbocycles. The van der Waals surface area contributed by atoms with Crippen molar-refractivity contribution >= 4 is 23.2 Å². The fourth-order valence-electron chi connectivity index (χ4n) is 2.27. The zero-order chi connectivity index (χ0) is 16.8. The van der Waals surface area contributed by atoms with E-state index in [0.717, 1.165) is 28.3 Å². The average molecular weight is 334 g/mol. The van der Waals surface area contributed by atoms with Crippen LogP contribution in [0.3, 0.4) is 0 Å². The molecule has 4 nitrogen and oxygen atoms in total. The third-order valence-corrected chi connectivity index (χ3v) is 3.82. The highest BCUT2D eigenvalue weighted by Crippen LogP contribution is 2.25. The summed E-state index contributed by atoms with van der Waals surface area (Å²) in [5.41, 5.74) is 2.65. The molecule has 1 amide bonds.